The number of amides is 1. The number of benzene rings is 2. The molecule has 4 heterocycles. The smallest absolute Gasteiger partial charge is 0.231 e. The van der Waals surface area contributed by atoms with Crippen molar-refractivity contribution in [3.63, 3.8) is 0 Å². The first-order valence-electron chi connectivity index (χ1n) is 13.2. The summed E-state index contributed by atoms with van der Waals surface area (Å²) in [6, 6.07) is 15.5. The second-order valence-corrected chi connectivity index (χ2v) is 10.4. The zero-order valence-electron chi connectivity index (χ0n) is 22.5. The van der Waals surface area contributed by atoms with E-state index in [1.807, 2.05) is 64.2 Å². The highest BCUT2D eigenvalue weighted by Crippen LogP contribution is 2.35. The molecule has 2 aromatic carbocycles. The van der Waals surface area contributed by atoms with Gasteiger partial charge in [-0.2, -0.15) is 0 Å². The number of methoxy groups -OCH3 is 2. The van der Waals surface area contributed by atoms with Crippen molar-refractivity contribution < 1.29 is 23.7 Å². The molecule has 2 aliphatic heterocycles. The Morgan fingerprint density at radius 1 is 0.975 bits per heavy atom. The largest absolute Gasteiger partial charge is 0.497 e. The summed E-state index contributed by atoms with van der Waals surface area (Å²) in [5.41, 5.74) is 3.72. The number of ether oxygens (including phenoxy) is 4. The van der Waals surface area contributed by atoms with Gasteiger partial charge < -0.3 is 28.2 Å². The fraction of sp³-hybridized carbons (Fsp3) is 0.333. The number of pyridine rings is 1. The minimum absolute atomic E-state index is 0.0893. The number of piperazine rings is 1. The van der Waals surface area contributed by atoms with E-state index < -0.39 is 0 Å². The van der Waals surface area contributed by atoms with Crippen LogP contribution in [0.25, 0.3) is 5.65 Å². The Morgan fingerprint density at radius 2 is 1.73 bits per heavy atom. The lowest BCUT2D eigenvalue weighted by atomic mass is 9.91. The third-order valence-electron chi connectivity index (χ3n) is 7.58. The van der Waals surface area contributed by atoms with Crippen LogP contribution in [0.3, 0.4) is 0 Å². The first kappa shape index (κ1) is 26.3. The summed E-state index contributed by atoms with van der Waals surface area (Å²) in [4.78, 5) is 22.6. The minimum Gasteiger partial charge on any atom is -0.497 e. The Kier molecular flexibility index (Phi) is 7.40. The summed E-state index contributed by atoms with van der Waals surface area (Å²) in [6.45, 7) is 3.98. The average molecular weight is 563 g/mol. The highest BCUT2D eigenvalue weighted by Gasteiger charge is 2.28. The van der Waals surface area contributed by atoms with Crippen molar-refractivity contribution in [1.82, 2.24) is 19.2 Å². The van der Waals surface area contributed by atoms with Gasteiger partial charge in [-0.25, -0.2) is 4.98 Å². The van der Waals surface area contributed by atoms with Gasteiger partial charge in [-0.3, -0.25) is 9.69 Å². The molecule has 2 aromatic heterocycles. The summed E-state index contributed by atoms with van der Waals surface area (Å²) in [6.07, 6.45) is 3.93. The highest BCUT2D eigenvalue weighted by atomic mass is 35.5. The van der Waals surface area contributed by atoms with Crippen molar-refractivity contribution in [3.8, 4) is 23.0 Å². The number of aromatic nitrogens is 2. The second kappa shape index (κ2) is 11.3. The number of imidazole rings is 1. The quantitative estimate of drug-likeness (QED) is 0.310. The van der Waals surface area contributed by atoms with Gasteiger partial charge in [0.2, 0.25) is 12.7 Å². The molecule has 40 heavy (non-hydrogen) atoms. The third-order valence-corrected chi connectivity index (χ3v) is 7.80. The highest BCUT2D eigenvalue weighted by molar-refractivity contribution is 6.30. The number of carbonyl (C=O) groups excluding carboxylic acids is 1. The number of fused-ring (bicyclic) bond motifs is 2. The summed E-state index contributed by atoms with van der Waals surface area (Å²) in [7, 11) is 3.24. The Hall–Kier alpha value is -3.95. The monoisotopic (exact) mass is 562 g/mol. The Bertz CT molecular complexity index is 1510. The van der Waals surface area contributed by atoms with Crippen LogP contribution in [0.15, 0.2) is 60.9 Å². The predicted molar refractivity (Wildman–Crippen MR) is 151 cm³/mol. The van der Waals surface area contributed by atoms with Crippen molar-refractivity contribution >= 4 is 23.2 Å². The Morgan fingerprint density at radius 3 is 2.48 bits per heavy atom. The molecule has 0 spiro atoms. The molecular weight excluding hydrogens is 532 g/mol. The average Bonchev–Trinajstić information content (AvgIpc) is 3.62. The van der Waals surface area contributed by atoms with E-state index in [0.717, 1.165) is 48.0 Å². The van der Waals surface area contributed by atoms with Crippen LogP contribution in [-0.4, -0.2) is 72.3 Å². The summed E-state index contributed by atoms with van der Waals surface area (Å²) >= 11 is 6.34. The van der Waals surface area contributed by atoms with Crippen LogP contribution in [0, 0.1) is 0 Å². The molecule has 0 bridgehead atoms. The number of rotatable bonds is 8. The van der Waals surface area contributed by atoms with Crippen LogP contribution >= 0.6 is 11.6 Å². The maximum Gasteiger partial charge on any atom is 0.231 e. The topological polar surface area (TPSA) is 77.8 Å². The number of nitrogens with zero attached hydrogens (tertiary/aromatic N) is 4. The van der Waals surface area contributed by atoms with E-state index in [9.17, 15) is 4.79 Å². The van der Waals surface area contributed by atoms with Crippen molar-refractivity contribution in [1.29, 1.82) is 0 Å². The van der Waals surface area contributed by atoms with Crippen LogP contribution < -0.4 is 18.9 Å². The van der Waals surface area contributed by atoms with Gasteiger partial charge in [-0.15, -0.1) is 0 Å². The van der Waals surface area contributed by atoms with Gasteiger partial charge in [0.05, 0.1) is 24.9 Å². The first-order chi connectivity index (χ1) is 19.5. The lowest BCUT2D eigenvalue weighted by molar-refractivity contribution is -0.133. The predicted octanol–water partition coefficient (Wildman–Crippen LogP) is 4.60. The molecule has 1 amide bonds. The molecule has 2 aliphatic rings. The van der Waals surface area contributed by atoms with Crippen molar-refractivity contribution in [2.45, 2.75) is 18.9 Å². The molecule has 0 N–H and O–H groups in total. The van der Waals surface area contributed by atoms with E-state index in [1.54, 1.807) is 14.2 Å². The normalized spacial score (nSPS) is 15.8. The zero-order valence-corrected chi connectivity index (χ0v) is 23.3. The minimum atomic E-state index is -0.281. The molecule has 1 unspecified atom stereocenters. The standard InChI is InChI=1S/C30H31ClN4O5/c1-37-23-12-21(13-24(14-23)38-2)25(26-16-32-29-6-4-22(31)18-35(26)29)15-30(36)34-9-7-33(8-10-34)17-20-3-5-27-28(11-20)40-19-39-27/h3-6,11-14,16,18,25H,7-10,15,17,19H2,1-2H3. The van der Waals surface area contributed by atoms with Gasteiger partial charge in [-0.05, 0) is 47.5 Å². The summed E-state index contributed by atoms with van der Waals surface area (Å²) < 4.78 is 24.0. The lowest BCUT2D eigenvalue weighted by Crippen LogP contribution is -2.48. The molecule has 1 fully saturated rings. The Labute approximate surface area is 237 Å². The molecule has 4 aromatic rings. The molecular formula is C30H31ClN4O5. The van der Waals surface area contributed by atoms with Crippen LogP contribution in [0.2, 0.25) is 5.02 Å². The molecule has 1 atom stereocenters. The van der Waals surface area contributed by atoms with E-state index >= 15 is 0 Å². The lowest BCUT2D eigenvalue weighted by Gasteiger charge is -2.35. The number of hydrogen-bond donors (Lipinski definition) is 0. The number of halogens is 1. The van der Waals surface area contributed by atoms with Crippen molar-refractivity contribution in [2.75, 3.05) is 47.2 Å². The molecule has 10 heteroatoms. The molecule has 0 saturated carbocycles. The molecule has 6 rings (SSSR count). The number of carbonyl (C=O) groups is 1. The van der Waals surface area contributed by atoms with Crippen LogP contribution in [0.5, 0.6) is 23.0 Å². The van der Waals surface area contributed by atoms with Crippen LogP contribution in [-0.2, 0) is 11.3 Å². The van der Waals surface area contributed by atoms with E-state index in [2.05, 4.69) is 16.0 Å². The molecule has 0 aliphatic carbocycles. The fourth-order valence-corrected chi connectivity index (χ4v) is 5.57. The summed E-state index contributed by atoms with van der Waals surface area (Å²) in [5.74, 6) is 2.71. The van der Waals surface area contributed by atoms with E-state index in [4.69, 9.17) is 30.5 Å². The van der Waals surface area contributed by atoms with Crippen molar-refractivity contribution in [3.05, 3.63) is 82.8 Å². The molecule has 1 saturated heterocycles. The molecule has 208 valence electrons. The van der Waals surface area contributed by atoms with E-state index in [0.29, 0.717) is 29.6 Å². The second-order valence-electron chi connectivity index (χ2n) is 10.0. The van der Waals surface area contributed by atoms with Crippen LogP contribution in [0.4, 0.5) is 0 Å². The van der Waals surface area contributed by atoms with E-state index in [-0.39, 0.29) is 25.0 Å². The maximum atomic E-state index is 13.7. The van der Waals surface area contributed by atoms with Gasteiger partial charge in [0.1, 0.15) is 17.1 Å². The van der Waals surface area contributed by atoms with Gasteiger partial charge in [0, 0.05) is 63.5 Å². The molecule has 9 nitrogen and oxygen atoms in total. The van der Waals surface area contributed by atoms with Crippen LogP contribution in [0.1, 0.15) is 29.2 Å². The zero-order chi connectivity index (χ0) is 27.6. The maximum absolute atomic E-state index is 13.7. The van der Waals surface area contributed by atoms with Gasteiger partial charge in [-0.1, -0.05) is 17.7 Å². The van der Waals surface area contributed by atoms with Gasteiger partial charge >= 0.3 is 0 Å². The fourth-order valence-electron chi connectivity index (χ4n) is 5.41. The van der Waals surface area contributed by atoms with Crippen molar-refractivity contribution in [2.24, 2.45) is 0 Å². The van der Waals surface area contributed by atoms with Gasteiger partial charge in [0.15, 0.2) is 11.5 Å². The number of hydrogen-bond acceptors (Lipinski definition) is 7. The Balaban J connectivity index is 1.20. The summed E-state index contributed by atoms with van der Waals surface area (Å²) in [5, 5.41) is 0.596. The SMILES string of the molecule is COc1cc(OC)cc(C(CC(=O)N2CCN(Cc3ccc4c(c3)OCO4)CC2)c2cnc3ccc(Cl)cn23)c1. The third kappa shape index (κ3) is 5.39. The molecule has 0 radical (unpaired) electrons. The first-order valence-corrected chi connectivity index (χ1v) is 13.6. The van der Waals surface area contributed by atoms with Gasteiger partial charge in [0.25, 0.3) is 0 Å². The van der Waals surface area contributed by atoms with E-state index in [1.165, 1.54) is 5.56 Å².